The van der Waals surface area contributed by atoms with Crippen LogP contribution in [0.5, 0.6) is 0 Å². The summed E-state index contributed by atoms with van der Waals surface area (Å²) in [5.74, 6) is 0.925. The highest BCUT2D eigenvalue weighted by molar-refractivity contribution is 6.31. The van der Waals surface area contributed by atoms with Gasteiger partial charge in [0.2, 0.25) is 0 Å². The molecular formula is C18H20ClN3O. The van der Waals surface area contributed by atoms with Gasteiger partial charge in [0.1, 0.15) is 5.82 Å². The minimum Gasteiger partial charge on any atom is -0.391 e. The summed E-state index contributed by atoms with van der Waals surface area (Å²) in [5.41, 5.74) is 3.08. The molecule has 3 aromatic rings. The van der Waals surface area contributed by atoms with Gasteiger partial charge in [0.15, 0.2) is 0 Å². The number of imidazole rings is 1. The van der Waals surface area contributed by atoms with Crippen molar-refractivity contribution in [2.24, 2.45) is 7.05 Å². The molecule has 5 heteroatoms. The number of hydrogen-bond donors (Lipinski definition) is 2. The SMILES string of the molecule is Cn1c(CNCC(O)Cc2ccccc2)nc2cc(Cl)ccc21. The van der Waals surface area contributed by atoms with Crippen LogP contribution in [0.15, 0.2) is 48.5 Å². The summed E-state index contributed by atoms with van der Waals surface area (Å²) in [6.07, 6.45) is 0.230. The molecule has 0 aliphatic heterocycles. The van der Waals surface area contributed by atoms with E-state index < -0.39 is 6.10 Å². The Morgan fingerprint density at radius 3 is 2.78 bits per heavy atom. The van der Waals surface area contributed by atoms with Crippen LogP contribution in [-0.4, -0.2) is 27.3 Å². The molecule has 0 aliphatic rings. The normalized spacial score (nSPS) is 12.7. The van der Waals surface area contributed by atoms with Crippen molar-refractivity contribution in [3.63, 3.8) is 0 Å². The third-order valence-electron chi connectivity index (χ3n) is 3.91. The van der Waals surface area contributed by atoms with Crippen LogP contribution in [0, 0.1) is 0 Å². The number of hydrogen-bond acceptors (Lipinski definition) is 3. The predicted octanol–water partition coefficient (Wildman–Crippen LogP) is 2.92. The molecule has 0 saturated heterocycles. The molecule has 2 aromatic carbocycles. The lowest BCUT2D eigenvalue weighted by Crippen LogP contribution is -2.28. The number of aliphatic hydroxyl groups is 1. The number of halogens is 1. The van der Waals surface area contributed by atoms with Gasteiger partial charge in [-0.2, -0.15) is 0 Å². The molecular weight excluding hydrogens is 310 g/mol. The summed E-state index contributed by atoms with van der Waals surface area (Å²) >= 11 is 6.01. The molecule has 3 rings (SSSR count). The molecule has 2 N–H and O–H groups in total. The molecule has 1 atom stereocenters. The summed E-state index contributed by atoms with van der Waals surface area (Å²) in [6.45, 7) is 1.13. The Kier molecular flexibility index (Phi) is 4.96. The smallest absolute Gasteiger partial charge is 0.123 e. The van der Waals surface area contributed by atoms with Gasteiger partial charge >= 0.3 is 0 Å². The second kappa shape index (κ2) is 7.13. The summed E-state index contributed by atoms with van der Waals surface area (Å²) in [7, 11) is 1.99. The monoisotopic (exact) mass is 329 g/mol. The van der Waals surface area contributed by atoms with Crippen molar-refractivity contribution in [2.75, 3.05) is 6.54 Å². The van der Waals surface area contributed by atoms with E-state index in [0.29, 0.717) is 24.5 Å². The van der Waals surface area contributed by atoms with Crippen molar-refractivity contribution in [3.8, 4) is 0 Å². The lowest BCUT2D eigenvalue weighted by atomic mass is 10.1. The van der Waals surface area contributed by atoms with Crippen LogP contribution in [0.2, 0.25) is 5.02 Å². The van der Waals surface area contributed by atoms with E-state index in [1.54, 1.807) is 0 Å². The van der Waals surface area contributed by atoms with Crippen LogP contribution in [0.25, 0.3) is 11.0 Å². The Morgan fingerprint density at radius 1 is 1.22 bits per heavy atom. The predicted molar refractivity (Wildman–Crippen MR) is 93.6 cm³/mol. The molecule has 4 nitrogen and oxygen atoms in total. The van der Waals surface area contributed by atoms with Crippen molar-refractivity contribution in [1.82, 2.24) is 14.9 Å². The Morgan fingerprint density at radius 2 is 2.00 bits per heavy atom. The fourth-order valence-corrected chi connectivity index (χ4v) is 2.86. The molecule has 1 unspecified atom stereocenters. The molecule has 0 radical (unpaired) electrons. The van der Waals surface area contributed by atoms with Crippen molar-refractivity contribution in [3.05, 3.63) is 64.9 Å². The van der Waals surface area contributed by atoms with Gasteiger partial charge in [0.25, 0.3) is 0 Å². The van der Waals surface area contributed by atoms with E-state index in [1.807, 2.05) is 60.1 Å². The molecule has 120 valence electrons. The second-order valence-corrected chi connectivity index (χ2v) is 6.13. The standard InChI is InChI=1S/C18H20ClN3O/c1-22-17-8-7-14(19)10-16(17)21-18(22)12-20-11-15(23)9-13-5-3-2-4-6-13/h2-8,10,15,20,23H,9,11-12H2,1H3. The van der Waals surface area contributed by atoms with Gasteiger partial charge in [0.05, 0.1) is 23.7 Å². The van der Waals surface area contributed by atoms with E-state index in [9.17, 15) is 5.11 Å². The van der Waals surface area contributed by atoms with E-state index in [-0.39, 0.29) is 0 Å². The van der Waals surface area contributed by atoms with Gasteiger partial charge in [-0.1, -0.05) is 41.9 Å². The Bertz CT molecular complexity index is 786. The first-order valence-corrected chi connectivity index (χ1v) is 8.05. The van der Waals surface area contributed by atoms with Crippen molar-refractivity contribution in [2.45, 2.75) is 19.1 Å². The maximum absolute atomic E-state index is 10.1. The Hall–Kier alpha value is -1.88. The highest BCUT2D eigenvalue weighted by atomic mass is 35.5. The molecule has 0 aliphatic carbocycles. The molecule has 1 aromatic heterocycles. The number of rotatable bonds is 6. The molecule has 0 fully saturated rings. The van der Waals surface area contributed by atoms with Crippen molar-refractivity contribution >= 4 is 22.6 Å². The molecule has 0 amide bonds. The quantitative estimate of drug-likeness (QED) is 0.731. The van der Waals surface area contributed by atoms with Crippen LogP contribution >= 0.6 is 11.6 Å². The first-order valence-electron chi connectivity index (χ1n) is 7.67. The zero-order chi connectivity index (χ0) is 16.2. The summed E-state index contributed by atoms with van der Waals surface area (Å²) in [5, 5.41) is 14.1. The zero-order valence-electron chi connectivity index (χ0n) is 13.0. The average Bonchev–Trinajstić information content (AvgIpc) is 2.84. The average molecular weight is 330 g/mol. The van der Waals surface area contributed by atoms with Crippen molar-refractivity contribution < 1.29 is 5.11 Å². The lowest BCUT2D eigenvalue weighted by Gasteiger charge is -2.12. The zero-order valence-corrected chi connectivity index (χ0v) is 13.8. The summed E-state index contributed by atoms with van der Waals surface area (Å²) in [6, 6.07) is 15.7. The summed E-state index contributed by atoms with van der Waals surface area (Å²) < 4.78 is 2.04. The topological polar surface area (TPSA) is 50.1 Å². The molecule has 0 bridgehead atoms. The second-order valence-electron chi connectivity index (χ2n) is 5.69. The van der Waals surface area contributed by atoms with Crippen LogP contribution in [-0.2, 0) is 20.0 Å². The number of aliphatic hydroxyl groups excluding tert-OH is 1. The summed E-state index contributed by atoms with van der Waals surface area (Å²) in [4.78, 5) is 4.59. The van der Waals surface area contributed by atoms with Crippen LogP contribution in [0.3, 0.4) is 0 Å². The highest BCUT2D eigenvalue weighted by Gasteiger charge is 2.09. The third kappa shape index (κ3) is 3.91. The molecule has 1 heterocycles. The highest BCUT2D eigenvalue weighted by Crippen LogP contribution is 2.19. The fourth-order valence-electron chi connectivity index (χ4n) is 2.69. The number of nitrogens with one attached hydrogen (secondary N) is 1. The lowest BCUT2D eigenvalue weighted by molar-refractivity contribution is 0.171. The van der Waals surface area contributed by atoms with Gasteiger partial charge in [0, 0.05) is 18.6 Å². The first-order chi connectivity index (χ1) is 11.1. The number of benzene rings is 2. The van der Waals surface area contributed by atoms with Gasteiger partial charge < -0.3 is 15.0 Å². The Labute approximate surface area is 140 Å². The van der Waals surface area contributed by atoms with E-state index in [2.05, 4.69) is 10.3 Å². The first kappa shape index (κ1) is 16.0. The molecule has 23 heavy (non-hydrogen) atoms. The van der Waals surface area contributed by atoms with Crippen molar-refractivity contribution in [1.29, 1.82) is 0 Å². The minimum atomic E-state index is -0.415. The Balaban J connectivity index is 1.57. The van der Waals surface area contributed by atoms with E-state index in [0.717, 1.165) is 22.4 Å². The van der Waals surface area contributed by atoms with E-state index in [1.165, 1.54) is 0 Å². The van der Waals surface area contributed by atoms with Gasteiger partial charge in [-0.05, 0) is 30.2 Å². The number of nitrogens with zero attached hydrogens (tertiary/aromatic N) is 2. The van der Waals surface area contributed by atoms with Crippen LogP contribution in [0.4, 0.5) is 0 Å². The van der Waals surface area contributed by atoms with Crippen LogP contribution < -0.4 is 5.32 Å². The fraction of sp³-hybridized carbons (Fsp3) is 0.278. The number of aryl methyl sites for hydroxylation is 1. The van der Waals surface area contributed by atoms with Crippen LogP contribution in [0.1, 0.15) is 11.4 Å². The maximum atomic E-state index is 10.1. The largest absolute Gasteiger partial charge is 0.391 e. The van der Waals surface area contributed by atoms with Gasteiger partial charge in [-0.3, -0.25) is 0 Å². The van der Waals surface area contributed by atoms with Gasteiger partial charge in [-0.15, -0.1) is 0 Å². The molecule has 0 spiro atoms. The number of fused-ring (bicyclic) bond motifs is 1. The molecule has 0 saturated carbocycles. The minimum absolute atomic E-state index is 0.415. The van der Waals surface area contributed by atoms with E-state index in [4.69, 9.17) is 11.6 Å². The van der Waals surface area contributed by atoms with Gasteiger partial charge in [-0.25, -0.2) is 4.98 Å². The number of aromatic nitrogens is 2. The maximum Gasteiger partial charge on any atom is 0.123 e. The third-order valence-corrected chi connectivity index (χ3v) is 4.15. The van der Waals surface area contributed by atoms with E-state index >= 15 is 0 Å².